The van der Waals surface area contributed by atoms with Crippen LogP contribution in [0.2, 0.25) is 0 Å². The summed E-state index contributed by atoms with van der Waals surface area (Å²) in [6.07, 6.45) is 9.73. The zero-order valence-electron chi connectivity index (χ0n) is 17.8. The number of carbonyl (C=O) groups excluding carboxylic acids is 1. The van der Waals surface area contributed by atoms with Crippen LogP contribution in [-0.2, 0) is 6.42 Å². The van der Waals surface area contributed by atoms with E-state index in [0.29, 0.717) is 5.69 Å². The number of hydrogen-bond donors (Lipinski definition) is 0. The molecule has 0 aliphatic carbocycles. The Hall–Kier alpha value is -3.06. The van der Waals surface area contributed by atoms with Crippen LogP contribution < -0.4 is 0 Å². The van der Waals surface area contributed by atoms with Crippen molar-refractivity contribution in [3.8, 4) is 10.4 Å². The van der Waals surface area contributed by atoms with Gasteiger partial charge in [0.25, 0.3) is 5.91 Å². The van der Waals surface area contributed by atoms with Crippen LogP contribution in [0, 0.1) is 13.8 Å². The van der Waals surface area contributed by atoms with Gasteiger partial charge < -0.3 is 9.30 Å². The zero-order chi connectivity index (χ0) is 21.4. The summed E-state index contributed by atoms with van der Waals surface area (Å²) in [7, 11) is 0. The Morgan fingerprint density at radius 1 is 1.13 bits per heavy atom. The number of nitrogens with zero attached hydrogens (tertiary/aromatic N) is 5. The molecule has 1 aromatic carbocycles. The molecule has 0 unspecified atom stereocenters. The van der Waals surface area contributed by atoms with Crippen LogP contribution in [0.4, 0.5) is 0 Å². The highest BCUT2D eigenvalue weighted by Gasteiger charge is 2.31. The SMILES string of the molecule is Cc1cn2cc(C[C@@H]3CCCCN3C(=O)c3nc(C)sc3-c3ccccc3)nc2cn1. The van der Waals surface area contributed by atoms with E-state index in [9.17, 15) is 4.79 Å². The topological polar surface area (TPSA) is 63.4 Å². The van der Waals surface area contributed by atoms with E-state index >= 15 is 0 Å². The summed E-state index contributed by atoms with van der Waals surface area (Å²) in [5.41, 5.74) is 4.42. The van der Waals surface area contributed by atoms with Gasteiger partial charge in [0.15, 0.2) is 5.65 Å². The third-order valence-corrected chi connectivity index (χ3v) is 6.85. The Kier molecular flexibility index (Phi) is 5.28. The number of likely N-dealkylation sites (tertiary alicyclic amines) is 1. The maximum absolute atomic E-state index is 13.7. The molecule has 5 rings (SSSR count). The van der Waals surface area contributed by atoms with Crippen molar-refractivity contribution in [2.75, 3.05) is 6.54 Å². The van der Waals surface area contributed by atoms with E-state index in [-0.39, 0.29) is 11.9 Å². The quantitative estimate of drug-likeness (QED) is 0.470. The second-order valence-electron chi connectivity index (χ2n) is 8.16. The summed E-state index contributed by atoms with van der Waals surface area (Å²) >= 11 is 1.59. The lowest BCUT2D eigenvalue weighted by Gasteiger charge is -2.35. The number of aryl methyl sites for hydroxylation is 2. The fourth-order valence-electron chi connectivity index (χ4n) is 4.37. The van der Waals surface area contributed by atoms with E-state index in [4.69, 9.17) is 4.98 Å². The molecule has 4 aromatic rings. The van der Waals surface area contributed by atoms with Crippen LogP contribution in [0.25, 0.3) is 16.1 Å². The average Bonchev–Trinajstić information content (AvgIpc) is 3.36. The lowest BCUT2D eigenvalue weighted by atomic mass is 9.97. The molecule has 31 heavy (non-hydrogen) atoms. The van der Waals surface area contributed by atoms with Gasteiger partial charge in [0.05, 0.1) is 27.5 Å². The van der Waals surface area contributed by atoms with Gasteiger partial charge in [0, 0.05) is 31.4 Å². The van der Waals surface area contributed by atoms with Gasteiger partial charge in [-0.15, -0.1) is 11.3 Å². The van der Waals surface area contributed by atoms with Crippen LogP contribution >= 0.6 is 11.3 Å². The first kappa shape index (κ1) is 19.9. The Morgan fingerprint density at radius 3 is 2.81 bits per heavy atom. The molecule has 1 fully saturated rings. The van der Waals surface area contributed by atoms with E-state index in [1.807, 2.05) is 59.7 Å². The minimum Gasteiger partial charge on any atom is -0.334 e. The maximum atomic E-state index is 13.7. The van der Waals surface area contributed by atoms with E-state index in [0.717, 1.165) is 64.7 Å². The molecule has 7 heteroatoms. The van der Waals surface area contributed by atoms with Gasteiger partial charge in [-0.2, -0.15) is 0 Å². The third-order valence-electron chi connectivity index (χ3n) is 5.83. The Bertz CT molecular complexity index is 1230. The Balaban J connectivity index is 1.43. The van der Waals surface area contributed by atoms with Gasteiger partial charge in [0.1, 0.15) is 5.69 Å². The molecule has 158 valence electrons. The van der Waals surface area contributed by atoms with Gasteiger partial charge in [-0.3, -0.25) is 9.78 Å². The molecule has 0 saturated carbocycles. The van der Waals surface area contributed by atoms with Gasteiger partial charge in [-0.05, 0) is 38.7 Å². The molecular weight excluding hydrogens is 406 g/mol. The number of aromatic nitrogens is 4. The maximum Gasteiger partial charge on any atom is 0.274 e. The minimum atomic E-state index is 0.0363. The summed E-state index contributed by atoms with van der Waals surface area (Å²) in [6, 6.07) is 10.2. The highest BCUT2D eigenvalue weighted by molar-refractivity contribution is 7.15. The predicted octanol–water partition coefficient (Wildman–Crippen LogP) is 4.71. The molecule has 1 aliphatic rings. The van der Waals surface area contributed by atoms with Gasteiger partial charge in [0.2, 0.25) is 0 Å². The summed E-state index contributed by atoms with van der Waals surface area (Å²) in [5, 5.41) is 0.916. The van der Waals surface area contributed by atoms with Crippen molar-refractivity contribution in [1.29, 1.82) is 0 Å². The number of benzene rings is 1. The normalized spacial score (nSPS) is 16.7. The number of imidazole rings is 1. The second kappa shape index (κ2) is 8.23. The molecule has 0 spiro atoms. The van der Waals surface area contributed by atoms with Gasteiger partial charge >= 0.3 is 0 Å². The van der Waals surface area contributed by atoms with Crippen LogP contribution in [0.5, 0.6) is 0 Å². The highest BCUT2D eigenvalue weighted by Crippen LogP contribution is 2.32. The van der Waals surface area contributed by atoms with Crippen LogP contribution in [-0.4, -0.2) is 42.7 Å². The Morgan fingerprint density at radius 2 is 1.97 bits per heavy atom. The first-order valence-electron chi connectivity index (χ1n) is 10.7. The van der Waals surface area contributed by atoms with E-state index in [2.05, 4.69) is 16.2 Å². The fraction of sp³-hybridized carbons (Fsp3) is 0.333. The summed E-state index contributed by atoms with van der Waals surface area (Å²) in [6.45, 7) is 4.71. The molecule has 1 amide bonds. The van der Waals surface area contributed by atoms with Crippen LogP contribution in [0.1, 0.15) is 46.1 Å². The summed E-state index contributed by atoms with van der Waals surface area (Å²) in [4.78, 5) is 30.4. The first-order chi connectivity index (χ1) is 15.1. The number of piperidine rings is 1. The number of hydrogen-bond acceptors (Lipinski definition) is 5. The van der Waals surface area contributed by atoms with Crippen molar-refractivity contribution in [2.45, 2.75) is 45.6 Å². The van der Waals surface area contributed by atoms with Crippen molar-refractivity contribution in [3.05, 3.63) is 71.0 Å². The molecule has 1 saturated heterocycles. The number of thiazole rings is 1. The van der Waals surface area contributed by atoms with Crippen molar-refractivity contribution in [3.63, 3.8) is 0 Å². The monoisotopic (exact) mass is 431 g/mol. The van der Waals surface area contributed by atoms with Crippen molar-refractivity contribution in [1.82, 2.24) is 24.3 Å². The average molecular weight is 432 g/mol. The van der Waals surface area contributed by atoms with E-state index in [1.165, 1.54) is 0 Å². The largest absolute Gasteiger partial charge is 0.334 e. The molecule has 0 bridgehead atoms. The number of fused-ring (bicyclic) bond motifs is 1. The van der Waals surface area contributed by atoms with E-state index in [1.54, 1.807) is 17.5 Å². The molecule has 1 atom stereocenters. The molecule has 6 nitrogen and oxygen atoms in total. The lowest BCUT2D eigenvalue weighted by molar-refractivity contribution is 0.0608. The fourth-order valence-corrected chi connectivity index (χ4v) is 5.28. The molecule has 3 aromatic heterocycles. The lowest BCUT2D eigenvalue weighted by Crippen LogP contribution is -2.45. The van der Waals surface area contributed by atoms with Crippen molar-refractivity contribution < 1.29 is 4.79 Å². The van der Waals surface area contributed by atoms with Crippen molar-refractivity contribution in [2.24, 2.45) is 0 Å². The van der Waals surface area contributed by atoms with E-state index < -0.39 is 0 Å². The van der Waals surface area contributed by atoms with Crippen LogP contribution in [0.15, 0.2) is 48.9 Å². The summed E-state index contributed by atoms with van der Waals surface area (Å²) in [5.74, 6) is 0.0363. The standard InChI is InChI=1S/C24H25N5OS/c1-16-14-28-15-19(27-21(28)13-25-16)12-20-10-6-7-11-29(20)24(30)22-23(31-17(2)26-22)18-8-4-3-5-9-18/h3-5,8-9,13-15,20H,6-7,10-12H2,1-2H3/t20-/m0/s1. The number of carbonyl (C=O) groups is 1. The number of rotatable bonds is 4. The Labute approximate surface area is 185 Å². The smallest absolute Gasteiger partial charge is 0.274 e. The second-order valence-corrected chi connectivity index (χ2v) is 9.36. The molecular formula is C24H25N5OS. The summed E-state index contributed by atoms with van der Waals surface area (Å²) < 4.78 is 2.02. The van der Waals surface area contributed by atoms with Gasteiger partial charge in [-0.1, -0.05) is 30.3 Å². The predicted molar refractivity (Wildman–Crippen MR) is 122 cm³/mol. The first-order valence-corrected chi connectivity index (χ1v) is 11.5. The highest BCUT2D eigenvalue weighted by atomic mass is 32.1. The van der Waals surface area contributed by atoms with Gasteiger partial charge in [-0.25, -0.2) is 9.97 Å². The molecule has 1 aliphatic heterocycles. The number of amides is 1. The molecule has 4 heterocycles. The zero-order valence-corrected chi connectivity index (χ0v) is 18.6. The molecule has 0 radical (unpaired) electrons. The minimum absolute atomic E-state index is 0.0363. The molecule has 0 N–H and O–H groups in total. The third kappa shape index (κ3) is 3.97. The van der Waals surface area contributed by atoms with Crippen LogP contribution in [0.3, 0.4) is 0 Å². The van der Waals surface area contributed by atoms with Crippen molar-refractivity contribution >= 4 is 22.9 Å².